The lowest BCUT2D eigenvalue weighted by Crippen LogP contribution is -2.33. The van der Waals surface area contributed by atoms with E-state index in [1.54, 1.807) is 0 Å². The van der Waals surface area contributed by atoms with Crippen LogP contribution in [0.1, 0.15) is 52.9 Å². The van der Waals surface area contributed by atoms with Crippen LogP contribution in [0.5, 0.6) is 0 Å². The summed E-state index contributed by atoms with van der Waals surface area (Å²) in [7, 11) is 0. The summed E-state index contributed by atoms with van der Waals surface area (Å²) in [6.07, 6.45) is 11.2. The van der Waals surface area contributed by atoms with Crippen LogP contribution in [0.15, 0.2) is 0 Å². The van der Waals surface area contributed by atoms with Crippen LogP contribution in [0.25, 0.3) is 0 Å². The summed E-state index contributed by atoms with van der Waals surface area (Å²) in [5, 5.41) is 3.68. The molecule has 2 unspecified atom stereocenters. The second-order valence-electron chi connectivity index (χ2n) is 5.46. The minimum Gasteiger partial charge on any atom is -0.314 e. The van der Waals surface area contributed by atoms with Crippen molar-refractivity contribution in [3.8, 4) is 12.3 Å². The van der Waals surface area contributed by atoms with E-state index in [0.717, 1.165) is 18.9 Å². The van der Waals surface area contributed by atoms with Crippen molar-refractivity contribution in [2.24, 2.45) is 11.3 Å². The van der Waals surface area contributed by atoms with E-state index in [9.17, 15) is 0 Å². The van der Waals surface area contributed by atoms with Gasteiger partial charge >= 0.3 is 0 Å². The summed E-state index contributed by atoms with van der Waals surface area (Å²) in [5.74, 6) is 3.61. The van der Waals surface area contributed by atoms with Crippen LogP contribution >= 0.6 is 0 Å². The Morgan fingerprint density at radius 2 is 2.20 bits per heavy atom. The fourth-order valence-electron chi connectivity index (χ4n) is 2.39. The smallest absolute Gasteiger partial charge is 0.0101 e. The van der Waals surface area contributed by atoms with Crippen LogP contribution in [-0.4, -0.2) is 12.6 Å². The third-order valence-electron chi connectivity index (χ3n) is 3.57. The third kappa shape index (κ3) is 3.87. The summed E-state index contributed by atoms with van der Waals surface area (Å²) < 4.78 is 0. The Balaban J connectivity index is 2.30. The van der Waals surface area contributed by atoms with E-state index in [1.165, 1.54) is 25.7 Å². The van der Waals surface area contributed by atoms with Gasteiger partial charge < -0.3 is 5.32 Å². The van der Waals surface area contributed by atoms with Crippen molar-refractivity contribution in [3.05, 3.63) is 0 Å². The van der Waals surface area contributed by atoms with Gasteiger partial charge in [-0.05, 0) is 43.6 Å². The molecule has 15 heavy (non-hydrogen) atoms. The van der Waals surface area contributed by atoms with Gasteiger partial charge in [0.15, 0.2) is 0 Å². The Kier molecular flexibility index (Phi) is 4.67. The molecule has 0 bridgehead atoms. The highest BCUT2D eigenvalue weighted by atomic mass is 14.9. The Bertz CT molecular complexity index is 224. The van der Waals surface area contributed by atoms with Gasteiger partial charge in [0.1, 0.15) is 0 Å². The molecule has 1 saturated carbocycles. The zero-order valence-corrected chi connectivity index (χ0v) is 10.5. The van der Waals surface area contributed by atoms with Crippen LogP contribution in [0.4, 0.5) is 0 Å². The maximum absolute atomic E-state index is 5.29. The van der Waals surface area contributed by atoms with E-state index in [4.69, 9.17) is 6.42 Å². The molecule has 1 N–H and O–H groups in total. The molecule has 1 heteroatoms. The molecular weight excluding hydrogens is 182 g/mol. The van der Waals surface area contributed by atoms with Crippen molar-refractivity contribution >= 4 is 0 Å². The molecule has 0 aromatic carbocycles. The molecule has 1 nitrogen and oxygen atoms in total. The van der Waals surface area contributed by atoms with Crippen molar-refractivity contribution in [1.29, 1.82) is 0 Å². The molecule has 0 spiro atoms. The molecule has 0 saturated heterocycles. The largest absolute Gasteiger partial charge is 0.314 e. The van der Waals surface area contributed by atoms with Crippen LogP contribution in [-0.2, 0) is 0 Å². The number of terminal acetylenes is 1. The van der Waals surface area contributed by atoms with E-state index >= 15 is 0 Å². The molecular formula is C14H25N. The molecule has 0 heterocycles. The lowest BCUT2D eigenvalue weighted by atomic mass is 9.99. The summed E-state index contributed by atoms with van der Waals surface area (Å²) in [4.78, 5) is 0. The SMILES string of the molecule is C#CCCCC(NCCC)C1CC1(C)C. The topological polar surface area (TPSA) is 12.0 Å². The Morgan fingerprint density at radius 1 is 1.53 bits per heavy atom. The zero-order chi connectivity index (χ0) is 11.3. The van der Waals surface area contributed by atoms with Gasteiger partial charge in [-0.1, -0.05) is 20.8 Å². The van der Waals surface area contributed by atoms with Crippen molar-refractivity contribution in [1.82, 2.24) is 5.32 Å². The molecule has 0 aromatic heterocycles. The van der Waals surface area contributed by atoms with Crippen LogP contribution in [0.3, 0.4) is 0 Å². The average Bonchev–Trinajstić information content (AvgIpc) is 2.81. The zero-order valence-electron chi connectivity index (χ0n) is 10.5. The third-order valence-corrected chi connectivity index (χ3v) is 3.57. The van der Waals surface area contributed by atoms with E-state index < -0.39 is 0 Å². The average molecular weight is 207 g/mol. The summed E-state index contributed by atoms with van der Waals surface area (Å²) in [5.41, 5.74) is 0.571. The van der Waals surface area contributed by atoms with E-state index in [1.807, 2.05) is 0 Å². The second-order valence-corrected chi connectivity index (χ2v) is 5.46. The first-order valence-electron chi connectivity index (χ1n) is 6.28. The number of hydrogen-bond donors (Lipinski definition) is 1. The van der Waals surface area contributed by atoms with Gasteiger partial charge in [-0.3, -0.25) is 0 Å². The Hall–Kier alpha value is -0.480. The molecule has 86 valence electrons. The second kappa shape index (κ2) is 5.56. The lowest BCUT2D eigenvalue weighted by Gasteiger charge is -2.19. The fourth-order valence-corrected chi connectivity index (χ4v) is 2.39. The van der Waals surface area contributed by atoms with Crippen LogP contribution in [0, 0.1) is 23.7 Å². The summed E-state index contributed by atoms with van der Waals surface area (Å²) in [6.45, 7) is 8.12. The minimum atomic E-state index is 0.571. The molecule has 0 aromatic rings. The van der Waals surface area contributed by atoms with Crippen molar-refractivity contribution < 1.29 is 0 Å². The van der Waals surface area contributed by atoms with Crippen molar-refractivity contribution in [2.75, 3.05) is 6.54 Å². The first-order chi connectivity index (χ1) is 7.11. The summed E-state index contributed by atoms with van der Waals surface area (Å²) in [6, 6.07) is 0.702. The maximum atomic E-state index is 5.29. The Morgan fingerprint density at radius 3 is 2.67 bits per heavy atom. The van der Waals surface area contributed by atoms with Gasteiger partial charge in [0, 0.05) is 12.5 Å². The fraction of sp³-hybridized carbons (Fsp3) is 0.857. The van der Waals surface area contributed by atoms with Crippen LogP contribution in [0.2, 0.25) is 0 Å². The molecule has 0 radical (unpaired) electrons. The predicted octanol–water partition coefficient (Wildman–Crippen LogP) is 3.20. The van der Waals surface area contributed by atoms with E-state index in [-0.39, 0.29) is 0 Å². The first kappa shape index (κ1) is 12.6. The quantitative estimate of drug-likeness (QED) is 0.499. The number of hydrogen-bond acceptors (Lipinski definition) is 1. The highest BCUT2D eigenvalue weighted by Gasteiger charge is 2.49. The van der Waals surface area contributed by atoms with Gasteiger partial charge in [-0.25, -0.2) is 0 Å². The predicted molar refractivity (Wildman–Crippen MR) is 66.7 cm³/mol. The van der Waals surface area contributed by atoms with E-state index in [0.29, 0.717) is 11.5 Å². The van der Waals surface area contributed by atoms with Gasteiger partial charge in [0.05, 0.1) is 0 Å². The maximum Gasteiger partial charge on any atom is 0.0101 e. The molecule has 1 aliphatic rings. The van der Waals surface area contributed by atoms with Crippen molar-refractivity contribution in [2.45, 2.75) is 58.9 Å². The van der Waals surface area contributed by atoms with Crippen LogP contribution < -0.4 is 5.32 Å². The normalized spacial score (nSPS) is 24.5. The molecule has 1 rings (SSSR count). The highest BCUT2D eigenvalue weighted by molar-refractivity contribution is 5.02. The van der Waals surface area contributed by atoms with Gasteiger partial charge in [0.25, 0.3) is 0 Å². The number of rotatable bonds is 7. The first-order valence-corrected chi connectivity index (χ1v) is 6.28. The summed E-state index contributed by atoms with van der Waals surface area (Å²) >= 11 is 0. The van der Waals surface area contributed by atoms with Gasteiger partial charge in [-0.2, -0.15) is 0 Å². The van der Waals surface area contributed by atoms with Gasteiger partial charge in [0.2, 0.25) is 0 Å². The van der Waals surface area contributed by atoms with Crippen molar-refractivity contribution in [3.63, 3.8) is 0 Å². The van der Waals surface area contributed by atoms with Gasteiger partial charge in [-0.15, -0.1) is 12.3 Å². The monoisotopic (exact) mass is 207 g/mol. The highest BCUT2D eigenvalue weighted by Crippen LogP contribution is 2.54. The Labute approximate surface area is 95.0 Å². The molecule has 2 atom stereocenters. The minimum absolute atomic E-state index is 0.571. The number of nitrogens with one attached hydrogen (secondary N) is 1. The molecule has 0 amide bonds. The molecule has 1 fully saturated rings. The number of unbranched alkanes of at least 4 members (excludes halogenated alkanes) is 1. The standard InChI is InChI=1S/C14H25N/c1-5-7-8-9-13(15-10-6-2)12-11-14(12,3)4/h1,12-13,15H,6-11H2,2-4H3. The van der Waals surface area contributed by atoms with E-state index in [2.05, 4.69) is 32.0 Å². The molecule has 0 aliphatic heterocycles. The lowest BCUT2D eigenvalue weighted by molar-refractivity contribution is 0.379. The molecule has 1 aliphatic carbocycles.